The average molecular weight is 284 g/mol. The number of hydrogen-bond acceptors (Lipinski definition) is 5. The quantitative estimate of drug-likeness (QED) is 0.590. The summed E-state index contributed by atoms with van der Waals surface area (Å²) in [6.45, 7) is 1.72. The summed E-state index contributed by atoms with van der Waals surface area (Å²) in [5, 5.41) is 17.5. The lowest BCUT2D eigenvalue weighted by atomic mass is 10.0. The molecule has 0 saturated carbocycles. The fraction of sp³-hybridized carbons (Fsp3) is 0.600. The Morgan fingerprint density at radius 2 is 1.70 bits per heavy atom. The number of aliphatic hydroxyl groups is 2. The zero-order valence-corrected chi connectivity index (χ0v) is 12.0. The molecule has 0 aliphatic carbocycles. The number of rotatable bonds is 11. The van der Waals surface area contributed by atoms with Crippen molar-refractivity contribution in [3.05, 3.63) is 29.8 Å². The Bertz CT molecular complexity index is 346. The van der Waals surface area contributed by atoms with Crippen molar-refractivity contribution in [2.75, 3.05) is 46.8 Å². The Morgan fingerprint density at radius 3 is 2.25 bits per heavy atom. The Kier molecular flexibility index (Phi) is 8.98. The van der Waals surface area contributed by atoms with E-state index in [2.05, 4.69) is 0 Å². The molecule has 0 fully saturated rings. The summed E-state index contributed by atoms with van der Waals surface area (Å²) in [7, 11) is 1.64. The third-order valence-corrected chi connectivity index (χ3v) is 2.84. The van der Waals surface area contributed by atoms with Gasteiger partial charge in [0, 0.05) is 5.92 Å². The molecule has 0 aliphatic rings. The number of benzene rings is 1. The van der Waals surface area contributed by atoms with Crippen molar-refractivity contribution in [3.8, 4) is 5.75 Å². The highest BCUT2D eigenvalue weighted by Gasteiger charge is 2.11. The standard InChI is InChI=1S/C15H24O5/c1-18-15-4-2-3-13(10-15)9-14(11-19-7-5-16)12-20-8-6-17/h2-4,10,14,16-17H,5-9,11-12H2,1H3. The van der Waals surface area contributed by atoms with Gasteiger partial charge < -0.3 is 24.4 Å². The summed E-state index contributed by atoms with van der Waals surface area (Å²) >= 11 is 0. The first-order chi connectivity index (χ1) is 9.80. The van der Waals surface area contributed by atoms with Gasteiger partial charge >= 0.3 is 0 Å². The molecule has 5 nitrogen and oxygen atoms in total. The lowest BCUT2D eigenvalue weighted by Crippen LogP contribution is -2.21. The van der Waals surface area contributed by atoms with E-state index in [1.165, 1.54) is 0 Å². The van der Waals surface area contributed by atoms with Gasteiger partial charge in [0.1, 0.15) is 5.75 Å². The van der Waals surface area contributed by atoms with Gasteiger partial charge in [0.05, 0.1) is 46.8 Å². The highest BCUT2D eigenvalue weighted by atomic mass is 16.5. The van der Waals surface area contributed by atoms with Crippen molar-refractivity contribution in [3.63, 3.8) is 0 Å². The zero-order chi connectivity index (χ0) is 14.6. The Morgan fingerprint density at radius 1 is 1.05 bits per heavy atom. The molecule has 0 bridgehead atoms. The van der Waals surface area contributed by atoms with Crippen LogP contribution in [0.4, 0.5) is 0 Å². The summed E-state index contributed by atoms with van der Waals surface area (Å²) < 4.78 is 16.0. The third-order valence-electron chi connectivity index (χ3n) is 2.84. The van der Waals surface area contributed by atoms with Gasteiger partial charge in [-0.15, -0.1) is 0 Å². The molecule has 0 spiro atoms. The molecule has 1 aromatic rings. The summed E-state index contributed by atoms with van der Waals surface area (Å²) in [4.78, 5) is 0. The number of aliphatic hydroxyl groups excluding tert-OH is 2. The lowest BCUT2D eigenvalue weighted by molar-refractivity contribution is 0.0176. The molecule has 2 N–H and O–H groups in total. The SMILES string of the molecule is COc1cccc(CC(COCCO)COCCO)c1. The van der Waals surface area contributed by atoms with Crippen molar-refractivity contribution in [2.24, 2.45) is 5.92 Å². The van der Waals surface area contributed by atoms with Crippen LogP contribution in [0.3, 0.4) is 0 Å². The van der Waals surface area contributed by atoms with Gasteiger partial charge in [-0.25, -0.2) is 0 Å². The van der Waals surface area contributed by atoms with Crippen molar-refractivity contribution in [1.29, 1.82) is 0 Å². The molecule has 1 aromatic carbocycles. The minimum Gasteiger partial charge on any atom is -0.497 e. The van der Waals surface area contributed by atoms with E-state index in [1.807, 2.05) is 24.3 Å². The molecule has 0 aromatic heterocycles. The predicted molar refractivity (Wildman–Crippen MR) is 76.0 cm³/mol. The minimum absolute atomic E-state index is 0.0172. The second-order valence-electron chi connectivity index (χ2n) is 4.52. The van der Waals surface area contributed by atoms with E-state index >= 15 is 0 Å². The molecular formula is C15H24O5. The van der Waals surface area contributed by atoms with Crippen molar-refractivity contribution >= 4 is 0 Å². The van der Waals surface area contributed by atoms with E-state index in [1.54, 1.807) is 7.11 Å². The highest BCUT2D eigenvalue weighted by molar-refractivity contribution is 5.28. The van der Waals surface area contributed by atoms with Crippen molar-refractivity contribution in [2.45, 2.75) is 6.42 Å². The number of methoxy groups -OCH3 is 1. The lowest BCUT2D eigenvalue weighted by Gasteiger charge is -2.17. The maximum absolute atomic E-state index is 8.75. The molecule has 0 heterocycles. The van der Waals surface area contributed by atoms with Crippen LogP contribution in [0.25, 0.3) is 0 Å². The zero-order valence-electron chi connectivity index (χ0n) is 12.0. The van der Waals surface area contributed by atoms with Gasteiger partial charge in [0.25, 0.3) is 0 Å². The highest BCUT2D eigenvalue weighted by Crippen LogP contribution is 2.16. The van der Waals surface area contributed by atoms with E-state index in [9.17, 15) is 0 Å². The van der Waals surface area contributed by atoms with Crippen LogP contribution in [0.15, 0.2) is 24.3 Å². The molecule has 1 rings (SSSR count). The second kappa shape index (κ2) is 10.6. The first-order valence-electron chi connectivity index (χ1n) is 6.80. The molecular weight excluding hydrogens is 260 g/mol. The van der Waals surface area contributed by atoms with Gasteiger partial charge in [0.15, 0.2) is 0 Å². The van der Waals surface area contributed by atoms with Gasteiger partial charge in [0.2, 0.25) is 0 Å². The molecule has 0 unspecified atom stereocenters. The number of hydrogen-bond donors (Lipinski definition) is 2. The fourth-order valence-corrected chi connectivity index (χ4v) is 1.93. The first-order valence-corrected chi connectivity index (χ1v) is 6.80. The summed E-state index contributed by atoms with van der Waals surface area (Å²) in [5.41, 5.74) is 1.15. The summed E-state index contributed by atoms with van der Waals surface area (Å²) in [6, 6.07) is 7.89. The predicted octanol–water partition coefficient (Wildman–Crippen LogP) is 0.872. The molecule has 5 heteroatoms. The normalized spacial score (nSPS) is 11.0. The van der Waals surface area contributed by atoms with Gasteiger partial charge in [-0.1, -0.05) is 12.1 Å². The van der Waals surface area contributed by atoms with Crippen LogP contribution in [0.1, 0.15) is 5.56 Å². The molecule has 0 atom stereocenters. The monoisotopic (exact) mass is 284 g/mol. The second-order valence-corrected chi connectivity index (χ2v) is 4.52. The van der Waals surface area contributed by atoms with E-state index in [0.717, 1.165) is 17.7 Å². The van der Waals surface area contributed by atoms with Gasteiger partial charge in [-0.3, -0.25) is 0 Å². The summed E-state index contributed by atoms with van der Waals surface area (Å²) in [6.07, 6.45) is 0.800. The Hall–Kier alpha value is -1.14. The minimum atomic E-state index is 0.0172. The topological polar surface area (TPSA) is 68.2 Å². The van der Waals surface area contributed by atoms with Crippen LogP contribution in [0.5, 0.6) is 5.75 Å². The van der Waals surface area contributed by atoms with Crippen molar-refractivity contribution in [1.82, 2.24) is 0 Å². The maximum Gasteiger partial charge on any atom is 0.119 e. The fourth-order valence-electron chi connectivity index (χ4n) is 1.93. The van der Waals surface area contributed by atoms with Crippen LogP contribution in [0.2, 0.25) is 0 Å². The van der Waals surface area contributed by atoms with Crippen LogP contribution in [-0.4, -0.2) is 57.0 Å². The van der Waals surface area contributed by atoms with E-state index in [4.69, 9.17) is 24.4 Å². The Labute approximate surface area is 120 Å². The molecule has 20 heavy (non-hydrogen) atoms. The van der Waals surface area contributed by atoms with Crippen LogP contribution in [0, 0.1) is 5.92 Å². The third kappa shape index (κ3) is 6.86. The Balaban J connectivity index is 2.51. The summed E-state index contributed by atoms with van der Waals surface area (Å²) in [5.74, 6) is 1.01. The molecule has 0 aliphatic heterocycles. The molecule has 0 radical (unpaired) electrons. The average Bonchev–Trinajstić information content (AvgIpc) is 2.47. The van der Waals surface area contributed by atoms with Crippen LogP contribution >= 0.6 is 0 Å². The first kappa shape index (κ1) is 16.9. The van der Waals surface area contributed by atoms with E-state index in [0.29, 0.717) is 26.4 Å². The smallest absolute Gasteiger partial charge is 0.119 e. The van der Waals surface area contributed by atoms with Gasteiger partial charge in [-0.2, -0.15) is 0 Å². The van der Waals surface area contributed by atoms with Crippen LogP contribution in [-0.2, 0) is 15.9 Å². The van der Waals surface area contributed by atoms with E-state index < -0.39 is 0 Å². The molecule has 0 amide bonds. The van der Waals surface area contributed by atoms with Gasteiger partial charge in [-0.05, 0) is 24.1 Å². The largest absolute Gasteiger partial charge is 0.497 e. The maximum atomic E-state index is 8.75. The van der Waals surface area contributed by atoms with E-state index in [-0.39, 0.29) is 19.1 Å². The van der Waals surface area contributed by atoms with Crippen molar-refractivity contribution < 1.29 is 24.4 Å². The molecule has 0 saturated heterocycles. The number of ether oxygens (including phenoxy) is 3. The molecule has 114 valence electrons. The van der Waals surface area contributed by atoms with Crippen LogP contribution < -0.4 is 4.74 Å².